The topological polar surface area (TPSA) is 52.6 Å². The molecule has 4 nitrogen and oxygen atoms in total. The predicted molar refractivity (Wildman–Crippen MR) is 103 cm³/mol. The molecule has 0 aromatic carbocycles. The van der Waals surface area contributed by atoms with Crippen LogP contribution in [0.2, 0.25) is 0 Å². The van der Waals surface area contributed by atoms with E-state index in [4.69, 9.17) is 9.47 Å². The van der Waals surface area contributed by atoms with Crippen LogP contribution in [0.5, 0.6) is 0 Å². The van der Waals surface area contributed by atoms with E-state index in [9.17, 15) is 9.59 Å². The van der Waals surface area contributed by atoms with Gasteiger partial charge in [-0.05, 0) is 112 Å². The van der Waals surface area contributed by atoms with Crippen LogP contribution in [-0.2, 0) is 19.1 Å². The molecule has 0 radical (unpaired) electrons. The molecule has 8 bridgehead atoms. The van der Waals surface area contributed by atoms with Gasteiger partial charge in [0, 0.05) is 0 Å². The lowest BCUT2D eigenvalue weighted by molar-refractivity contribution is -0.171. The molecule has 0 aliphatic heterocycles. The number of hydrogen-bond acceptors (Lipinski definition) is 4. The molecule has 154 valence electrons. The molecular formula is C24H34O4. The zero-order valence-corrected chi connectivity index (χ0v) is 16.9. The summed E-state index contributed by atoms with van der Waals surface area (Å²) in [6.07, 6.45) is 12.6. The largest absolute Gasteiger partial charge is 0.462 e. The summed E-state index contributed by atoms with van der Waals surface area (Å²) in [5.41, 5.74) is 0. The second-order valence-corrected chi connectivity index (χ2v) is 11.2. The van der Waals surface area contributed by atoms with Crippen molar-refractivity contribution in [3.05, 3.63) is 0 Å². The summed E-state index contributed by atoms with van der Waals surface area (Å²) in [4.78, 5) is 25.4. The van der Waals surface area contributed by atoms with Crippen LogP contribution in [-0.4, -0.2) is 25.2 Å². The van der Waals surface area contributed by atoms with Crippen molar-refractivity contribution in [1.29, 1.82) is 0 Å². The Morgan fingerprint density at radius 1 is 0.500 bits per heavy atom. The van der Waals surface area contributed by atoms with Crippen molar-refractivity contribution < 1.29 is 19.1 Å². The van der Waals surface area contributed by atoms with Gasteiger partial charge in [0.1, 0.15) is 13.2 Å². The fourth-order valence-corrected chi connectivity index (χ4v) is 9.10. The molecule has 8 aliphatic rings. The van der Waals surface area contributed by atoms with Gasteiger partial charge in [-0.2, -0.15) is 0 Å². The Morgan fingerprint density at radius 3 is 1.07 bits per heavy atom. The van der Waals surface area contributed by atoms with Crippen LogP contribution in [0.3, 0.4) is 0 Å². The van der Waals surface area contributed by atoms with Crippen LogP contribution < -0.4 is 0 Å². The lowest BCUT2D eigenvalue weighted by atomic mass is 9.52. The maximum Gasteiger partial charge on any atom is 0.309 e. The molecular weight excluding hydrogens is 352 g/mol. The molecule has 4 heteroatoms. The molecule has 8 fully saturated rings. The predicted octanol–water partition coefficient (Wildman–Crippen LogP) is 4.22. The average Bonchev–Trinajstić information content (AvgIpc) is 2.63. The number of carbonyl (C=O) groups is 2. The first-order chi connectivity index (χ1) is 13.6. The summed E-state index contributed by atoms with van der Waals surface area (Å²) < 4.78 is 11.2. The average molecular weight is 387 g/mol. The Bertz CT molecular complexity index is 543. The van der Waals surface area contributed by atoms with Crippen molar-refractivity contribution in [2.24, 2.45) is 59.2 Å². The summed E-state index contributed by atoms with van der Waals surface area (Å²) in [5, 5.41) is 0. The maximum atomic E-state index is 12.7. The minimum Gasteiger partial charge on any atom is -0.462 e. The second-order valence-electron chi connectivity index (χ2n) is 11.2. The highest BCUT2D eigenvalue weighted by Crippen LogP contribution is 2.57. The van der Waals surface area contributed by atoms with E-state index in [1.807, 2.05) is 0 Å². The highest BCUT2D eigenvalue weighted by atomic mass is 16.6. The number of rotatable bonds is 5. The smallest absolute Gasteiger partial charge is 0.309 e. The van der Waals surface area contributed by atoms with E-state index in [2.05, 4.69) is 0 Å². The molecule has 0 aromatic rings. The molecule has 8 saturated carbocycles. The maximum absolute atomic E-state index is 12.7. The van der Waals surface area contributed by atoms with Gasteiger partial charge in [-0.25, -0.2) is 0 Å². The van der Waals surface area contributed by atoms with Crippen molar-refractivity contribution in [2.45, 2.75) is 64.2 Å². The first-order valence-corrected chi connectivity index (χ1v) is 12.0. The van der Waals surface area contributed by atoms with E-state index in [1.165, 1.54) is 64.2 Å². The van der Waals surface area contributed by atoms with Gasteiger partial charge in [0.25, 0.3) is 0 Å². The van der Waals surface area contributed by atoms with E-state index >= 15 is 0 Å². The first kappa shape index (κ1) is 17.8. The third kappa shape index (κ3) is 2.92. The third-order valence-corrected chi connectivity index (χ3v) is 9.57. The van der Waals surface area contributed by atoms with Crippen molar-refractivity contribution in [3.8, 4) is 0 Å². The monoisotopic (exact) mass is 386 g/mol. The van der Waals surface area contributed by atoms with Gasteiger partial charge in [-0.1, -0.05) is 0 Å². The Balaban J connectivity index is 0.982. The molecule has 8 rings (SSSR count). The number of esters is 2. The lowest BCUT2D eigenvalue weighted by Gasteiger charge is -2.53. The van der Waals surface area contributed by atoms with Crippen molar-refractivity contribution in [2.75, 3.05) is 13.2 Å². The Kier molecular flexibility index (Phi) is 4.28. The number of ether oxygens (including phenoxy) is 2. The molecule has 0 spiro atoms. The van der Waals surface area contributed by atoms with Crippen LogP contribution in [0.4, 0.5) is 0 Å². The van der Waals surface area contributed by atoms with Crippen molar-refractivity contribution in [1.82, 2.24) is 0 Å². The molecule has 8 aliphatic carbocycles. The van der Waals surface area contributed by atoms with Gasteiger partial charge in [-0.15, -0.1) is 0 Å². The highest BCUT2D eigenvalue weighted by Gasteiger charge is 2.52. The summed E-state index contributed by atoms with van der Waals surface area (Å²) in [6, 6.07) is 0. The van der Waals surface area contributed by atoms with E-state index in [0.29, 0.717) is 23.7 Å². The van der Waals surface area contributed by atoms with Gasteiger partial charge in [-0.3, -0.25) is 9.59 Å². The molecule has 0 amide bonds. The molecule has 0 atom stereocenters. The Labute approximate surface area is 168 Å². The van der Waals surface area contributed by atoms with E-state index in [1.54, 1.807) is 0 Å². The zero-order chi connectivity index (χ0) is 18.8. The van der Waals surface area contributed by atoms with Crippen molar-refractivity contribution in [3.63, 3.8) is 0 Å². The summed E-state index contributed by atoms with van der Waals surface area (Å²) in [6.45, 7) is 0.474. The fourth-order valence-electron chi connectivity index (χ4n) is 9.10. The van der Waals surface area contributed by atoms with Crippen molar-refractivity contribution >= 4 is 11.9 Å². The SMILES string of the molecule is O=C(OCCOC(=O)C1C2CC3CC(C2)CC1C3)C1C2CC3CC(C2)CC1C3. The quantitative estimate of drug-likeness (QED) is 0.524. The van der Waals surface area contributed by atoms with E-state index in [0.717, 1.165) is 23.7 Å². The van der Waals surface area contributed by atoms with E-state index < -0.39 is 0 Å². The molecule has 0 aromatic heterocycles. The lowest BCUT2D eigenvalue weighted by Crippen LogP contribution is -2.49. The van der Waals surface area contributed by atoms with Crippen LogP contribution in [0.15, 0.2) is 0 Å². The normalized spacial score (nSPS) is 50.0. The highest BCUT2D eigenvalue weighted by molar-refractivity contribution is 5.74. The van der Waals surface area contributed by atoms with Gasteiger partial charge >= 0.3 is 11.9 Å². The van der Waals surface area contributed by atoms with E-state index in [-0.39, 0.29) is 37.0 Å². The molecule has 28 heavy (non-hydrogen) atoms. The number of hydrogen-bond donors (Lipinski definition) is 0. The van der Waals surface area contributed by atoms with Gasteiger partial charge in [0.2, 0.25) is 0 Å². The molecule has 0 heterocycles. The molecule has 0 saturated heterocycles. The summed E-state index contributed by atoms with van der Waals surface area (Å²) in [5.74, 6) is 5.90. The van der Waals surface area contributed by atoms with Gasteiger partial charge in [0.15, 0.2) is 0 Å². The summed E-state index contributed by atoms with van der Waals surface area (Å²) in [7, 11) is 0. The van der Waals surface area contributed by atoms with Crippen LogP contribution >= 0.6 is 0 Å². The van der Waals surface area contributed by atoms with Crippen LogP contribution in [0.25, 0.3) is 0 Å². The molecule has 0 unspecified atom stereocenters. The number of carbonyl (C=O) groups excluding carboxylic acids is 2. The van der Waals surface area contributed by atoms with Crippen LogP contribution in [0, 0.1) is 59.2 Å². The van der Waals surface area contributed by atoms with Gasteiger partial charge < -0.3 is 9.47 Å². The Morgan fingerprint density at radius 2 is 0.786 bits per heavy atom. The minimum atomic E-state index is -0.0144. The fraction of sp³-hybridized carbons (Fsp3) is 0.917. The third-order valence-electron chi connectivity index (χ3n) is 9.57. The minimum absolute atomic E-state index is 0.0144. The Hall–Kier alpha value is -1.06. The zero-order valence-electron chi connectivity index (χ0n) is 16.9. The first-order valence-electron chi connectivity index (χ1n) is 12.0. The second kappa shape index (κ2) is 6.74. The molecule has 0 N–H and O–H groups in total. The van der Waals surface area contributed by atoms with Crippen LogP contribution in [0.1, 0.15) is 64.2 Å². The summed E-state index contributed by atoms with van der Waals surface area (Å²) >= 11 is 0. The van der Waals surface area contributed by atoms with Gasteiger partial charge in [0.05, 0.1) is 11.8 Å². The standard InChI is InChI=1S/C24H34O4/c25-23(21-17-5-13-3-14(7-17)8-18(21)6-13)27-1-2-28-24(26)22-19-9-15-4-16(11-19)12-20(22)10-15/h13-22H,1-12H2.